The van der Waals surface area contributed by atoms with Crippen LogP contribution in [0.25, 0.3) is 0 Å². The molecule has 1 atom stereocenters. The van der Waals surface area contributed by atoms with Crippen LogP contribution in [0.5, 0.6) is 11.5 Å². The number of hydrogen-bond acceptors (Lipinski definition) is 4. The number of benzene rings is 2. The monoisotopic (exact) mass is 409 g/mol. The molecular weight excluding hydrogens is 378 g/mol. The van der Waals surface area contributed by atoms with Crippen molar-refractivity contribution >= 4 is 11.7 Å². The topological polar surface area (TPSA) is 54.0 Å². The molecule has 2 amide bonds. The molecule has 0 radical (unpaired) electrons. The normalized spacial score (nSPS) is 19.1. The molecule has 1 N–H and O–H groups in total. The largest absolute Gasteiger partial charge is 0.497 e. The number of carbonyl (C=O) groups excluding carboxylic acids is 1. The zero-order valence-corrected chi connectivity index (χ0v) is 17.9. The zero-order chi connectivity index (χ0) is 20.9. The average molecular weight is 410 g/mol. The lowest BCUT2D eigenvalue weighted by Gasteiger charge is -2.37. The number of carbonyl (C=O) groups is 1. The van der Waals surface area contributed by atoms with E-state index in [0.29, 0.717) is 23.1 Å². The van der Waals surface area contributed by atoms with Crippen molar-refractivity contribution in [1.29, 1.82) is 0 Å². The molecule has 160 valence electrons. The molecule has 0 aromatic heterocycles. The number of nitrogens with zero attached hydrogens (tertiary/aromatic N) is 2. The molecule has 2 heterocycles. The Morgan fingerprint density at radius 2 is 1.80 bits per heavy atom. The summed E-state index contributed by atoms with van der Waals surface area (Å²) in [5, 5.41) is 3.01. The number of urea groups is 1. The molecule has 1 unspecified atom stereocenters. The molecule has 2 aliphatic rings. The second-order valence-corrected chi connectivity index (χ2v) is 8.24. The van der Waals surface area contributed by atoms with Crippen LogP contribution in [0.4, 0.5) is 10.5 Å². The van der Waals surface area contributed by atoms with Gasteiger partial charge in [0.15, 0.2) is 0 Å². The lowest BCUT2D eigenvalue weighted by Crippen LogP contribution is -2.46. The van der Waals surface area contributed by atoms with Crippen molar-refractivity contribution in [2.75, 3.05) is 45.7 Å². The second kappa shape index (κ2) is 9.39. The summed E-state index contributed by atoms with van der Waals surface area (Å²) in [6.07, 6.45) is 3.34. The Morgan fingerprint density at radius 3 is 2.53 bits per heavy atom. The van der Waals surface area contributed by atoms with Gasteiger partial charge < -0.3 is 19.7 Å². The molecule has 4 rings (SSSR count). The van der Waals surface area contributed by atoms with Gasteiger partial charge in [-0.2, -0.15) is 0 Å². The molecule has 2 aliphatic heterocycles. The van der Waals surface area contributed by atoms with Gasteiger partial charge in [0.1, 0.15) is 11.5 Å². The maximum absolute atomic E-state index is 12.9. The van der Waals surface area contributed by atoms with E-state index in [4.69, 9.17) is 9.47 Å². The molecule has 30 heavy (non-hydrogen) atoms. The predicted molar refractivity (Wildman–Crippen MR) is 118 cm³/mol. The molecule has 0 spiro atoms. The van der Waals surface area contributed by atoms with Crippen LogP contribution in [0.15, 0.2) is 42.5 Å². The molecule has 1 fully saturated rings. The fourth-order valence-corrected chi connectivity index (χ4v) is 4.56. The van der Waals surface area contributed by atoms with Crippen LogP contribution in [0.3, 0.4) is 0 Å². The summed E-state index contributed by atoms with van der Waals surface area (Å²) >= 11 is 0. The van der Waals surface area contributed by atoms with Crippen molar-refractivity contribution in [3.05, 3.63) is 53.6 Å². The van der Waals surface area contributed by atoms with Crippen LogP contribution in [-0.2, 0) is 13.0 Å². The van der Waals surface area contributed by atoms with E-state index in [0.717, 1.165) is 45.6 Å². The highest BCUT2D eigenvalue weighted by Crippen LogP contribution is 2.27. The van der Waals surface area contributed by atoms with Gasteiger partial charge in [0.05, 0.1) is 14.2 Å². The fourth-order valence-electron chi connectivity index (χ4n) is 4.56. The highest BCUT2D eigenvalue weighted by molar-refractivity contribution is 5.90. The van der Waals surface area contributed by atoms with Crippen LogP contribution in [-0.4, -0.2) is 56.2 Å². The van der Waals surface area contributed by atoms with Crippen LogP contribution in [0, 0.1) is 5.92 Å². The van der Waals surface area contributed by atoms with Gasteiger partial charge in [0, 0.05) is 56.6 Å². The Labute approximate surface area is 178 Å². The summed E-state index contributed by atoms with van der Waals surface area (Å²) in [6, 6.07) is 14.1. The first-order chi connectivity index (χ1) is 14.6. The number of nitrogens with one attached hydrogen (secondary N) is 1. The molecule has 6 nitrogen and oxygen atoms in total. The van der Waals surface area contributed by atoms with E-state index >= 15 is 0 Å². The number of methoxy groups -OCH3 is 2. The van der Waals surface area contributed by atoms with E-state index in [1.807, 2.05) is 17.0 Å². The van der Waals surface area contributed by atoms with Gasteiger partial charge in [-0.3, -0.25) is 4.90 Å². The quantitative estimate of drug-likeness (QED) is 0.811. The number of anilines is 1. The summed E-state index contributed by atoms with van der Waals surface area (Å²) in [5.41, 5.74) is 3.61. The number of amides is 2. The Morgan fingerprint density at radius 1 is 1.07 bits per heavy atom. The van der Waals surface area contributed by atoms with E-state index < -0.39 is 0 Å². The predicted octanol–water partition coefficient (Wildman–Crippen LogP) is 4.01. The molecule has 0 aliphatic carbocycles. The second-order valence-electron chi connectivity index (χ2n) is 8.24. The molecule has 1 saturated heterocycles. The third-order valence-corrected chi connectivity index (χ3v) is 6.14. The summed E-state index contributed by atoms with van der Waals surface area (Å²) < 4.78 is 10.6. The lowest BCUT2D eigenvalue weighted by atomic mass is 9.95. The fraction of sp³-hybridized carbons (Fsp3) is 0.458. The minimum Gasteiger partial charge on any atom is -0.497 e. The van der Waals surface area contributed by atoms with Gasteiger partial charge >= 0.3 is 6.03 Å². The number of fused-ring (bicyclic) bond motifs is 1. The Hall–Kier alpha value is -2.73. The summed E-state index contributed by atoms with van der Waals surface area (Å²) in [4.78, 5) is 17.4. The van der Waals surface area contributed by atoms with Gasteiger partial charge in [-0.05, 0) is 36.3 Å². The zero-order valence-electron chi connectivity index (χ0n) is 17.9. The Balaban J connectivity index is 1.34. The maximum Gasteiger partial charge on any atom is 0.321 e. The summed E-state index contributed by atoms with van der Waals surface area (Å²) in [7, 11) is 3.21. The molecular formula is C24H31N3O3. The first-order valence-corrected chi connectivity index (χ1v) is 10.7. The van der Waals surface area contributed by atoms with Gasteiger partial charge in [-0.1, -0.05) is 24.3 Å². The molecule has 0 saturated carbocycles. The van der Waals surface area contributed by atoms with Crippen LogP contribution in [0.2, 0.25) is 0 Å². The molecule has 2 aromatic carbocycles. The number of ether oxygens (including phenoxy) is 2. The minimum absolute atomic E-state index is 0.0565. The number of piperidine rings is 1. The van der Waals surface area contributed by atoms with E-state index in [2.05, 4.69) is 34.5 Å². The molecule has 6 heteroatoms. The van der Waals surface area contributed by atoms with Gasteiger partial charge in [-0.25, -0.2) is 4.79 Å². The highest BCUT2D eigenvalue weighted by atomic mass is 16.5. The van der Waals surface area contributed by atoms with Gasteiger partial charge in [0.2, 0.25) is 0 Å². The Bertz CT molecular complexity index is 863. The van der Waals surface area contributed by atoms with Crippen molar-refractivity contribution in [1.82, 2.24) is 9.80 Å². The third kappa shape index (κ3) is 4.87. The SMILES string of the molecule is COc1cc(NC(=O)N2CCCC(CN3CCc4ccccc4C3)C2)cc(OC)c1. The highest BCUT2D eigenvalue weighted by Gasteiger charge is 2.26. The lowest BCUT2D eigenvalue weighted by molar-refractivity contribution is 0.140. The minimum atomic E-state index is -0.0565. The number of likely N-dealkylation sites (tertiary alicyclic amines) is 1. The van der Waals surface area contributed by atoms with Crippen LogP contribution >= 0.6 is 0 Å². The maximum atomic E-state index is 12.9. The van der Waals surface area contributed by atoms with Crippen LogP contribution < -0.4 is 14.8 Å². The number of hydrogen-bond donors (Lipinski definition) is 1. The first kappa shape index (κ1) is 20.5. The summed E-state index contributed by atoms with van der Waals surface area (Å²) in [5.74, 6) is 1.83. The molecule has 2 aromatic rings. The summed E-state index contributed by atoms with van der Waals surface area (Å²) in [6.45, 7) is 4.76. The van der Waals surface area contributed by atoms with Crippen molar-refractivity contribution in [2.24, 2.45) is 5.92 Å². The van der Waals surface area contributed by atoms with Crippen molar-refractivity contribution in [2.45, 2.75) is 25.8 Å². The van der Waals surface area contributed by atoms with E-state index in [1.165, 1.54) is 17.5 Å². The Kier molecular flexibility index (Phi) is 6.43. The molecule has 0 bridgehead atoms. The average Bonchev–Trinajstić information content (AvgIpc) is 2.78. The number of rotatable bonds is 5. The van der Waals surface area contributed by atoms with Gasteiger partial charge in [-0.15, -0.1) is 0 Å². The smallest absolute Gasteiger partial charge is 0.321 e. The standard InChI is InChI=1S/C24H31N3O3/c1-29-22-12-21(13-23(14-22)30-2)25-24(28)27-10-5-6-18(16-27)15-26-11-9-19-7-3-4-8-20(19)17-26/h3-4,7-8,12-14,18H,5-6,9-11,15-17H2,1-2H3,(H,25,28). The van der Waals surface area contributed by atoms with Crippen molar-refractivity contribution in [3.63, 3.8) is 0 Å². The van der Waals surface area contributed by atoms with E-state index in [1.54, 1.807) is 20.3 Å². The first-order valence-electron chi connectivity index (χ1n) is 10.7. The van der Waals surface area contributed by atoms with E-state index in [-0.39, 0.29) is 6.03 Å². The van der Waals surface area contributed by atoms with Crippen molar-refractivity contribution in [3.8, 4) is 11.5 Å². The van der Waals surface area contributed by atoms with Crippen LogP contribution in [0.1, 0.15) is 24.0 Å². The van der Waals surface area contributed by atoms with Gasteiger partial charge in [0.25, 0.3) is 0 Å². The van der Waals surface area contributed by atoms with Crippen molar-refractivity contribution < 1.29 is 14.3 Å². The third-order valence-electron chi connectivity index (χ3n) is 6.14. The van der Waals surface area contributed by atoms with E-state index in [9.17, 15) is 4.79 Å².